The molecule has 5 nitrogen and oxygen atoms in total. The van der Waals surface area contributed by atoms with Crippen molar-refractivity contribution < 1.29 is 13.9 Å². The van der Waals surface area contributed by atoms with Crippen molar-refractivity contribution in [3.05, 3.63) is 29.6 Å². The molecular formula is C14H20FN3O2. The van der Waals surface area contributed by atoms with Crippen LogP contribution in [0.1, 0.15) is 12.0 Å². The van der Waals surface area contributed by atoms with Gasteiger partial charge in [-0.05, 0) is 17.7 Å². The van der Waals surface area contributed by atoms with Crippen LogP contribution in [0.2, 0.25) is 0 Å². The second-order valence-electron chi connectivity index (χ2n) is 4.70. The van der Waals surface area contributed by atoms with Gasteiger partial charge in [-0.2, -0.15) is 0 Å². The van der Waals surface area contributed by atoms with Gasteiger partial charge >= 0.3 is 0 Å². The maximum atomic E-state index is 14.1. The molecule has 1 saturated heterocycles. The number of nitrogens with two attached hydrogens (primary N) is 1. The third-order valence-corrected chi connectivity index (χ3v) is 3.22. The topological polar surface area (TPSA) is 67.6 Å². The Bertz CT molecular complexity index is 462. The van der Waals surface area contributed by atoms with Crippen LogP contribution in [-0.2, 0) is 16.1 Å². The first-order valence-electron chi connectivity index (χ1n) is 6.78. The molecule has 0 spiro atoms. The molecule has 0 bridgehead atoms. The van der Waals surface area contributed by atoms with Crippen molar-refractivity contribution in [1.82, 2.24) is 5.32 Å². The molecule has 0 aliphatic carbocycles. The van der Waals surface area contributed by atoms with Gasteiger partial charge in [-0.3, -0.25) is 4.79 Å². The van der Waals surface area contributed by atoms with E-state index in [0.29, 0.717) is 45.1 Å². The number of benzene rings is 1. The average Bonchev–Trinajstić information content (AvgIpc) is 2.46. The lowest BCUT2D eigenvalue weighted by molar-refractivity contribution is -0.121. The van der Waals surface area contributed by atoms with E-state index >= 15 is 0 Å². The van der Waals surface area contributed by atoms with Crippen LogP contribution in [0, 0.1) is 5.82 Å². The van der Waals surface area contributed by atoms with Crippen LogP contribution in [0.5, 0.6) is 0 Å². The predicted octanol–water partition coefficient (Wildman–Crippen LogP) is 0.627. The number of ether oxygens (including phenoxy) is 1. The first-order valence-corrected chi connectivity index (χ1v) is 6.78. The fourth-order valence-corrected chi connectivity index (χ4v) is 2.14. The number of nitrogens with zero attached hydrogens (tertiary/aromatic N) is 1. The van der Waals surface area contributed by atoms with Crippen LogP contribution in [0.4, 0.5) is 10.1 Å². The first kappa shape index (κ1) is 14.7. The molecule has 2 rings (SSSR count). The number of nitrogens with one attached hydrogen (secondary N) is 1. The summed E-state index contributed by atoms with van der Waals surface area (Å²) in [5.74, 6) is -0.386. The van der Waals surface area contributed by atoms with Gasteiger partial charge in [0.25, 0.3) is 0 Å². The van der Waals surface area contributed by atoms with Crippen molar-refractivity contribution in [3.8, 4) is 0 Å². The maximum Gasteiger partial charge on any atom is 0.221 e. The van der Waals surface area contributed by atoms with Crippen molar-refractivity contribution in [1.29, 1.82) is 0 Å². The molecule has 20 heavy (non-hydrogen) atoms. The zero-order valence-corrected chi connectivity index (χ0v) is 11.4. The molecule has 3 N–H and O–H groups in total. The highest BCUT2D eigenvalue weighted by Gasteiger charge is 2.15. The van der Waals surface area contributed by atoms with Gasteiger partial charge in [-0.1, -0.05) is 6.07 Å². The highest BCUT2D eigenvalue weighted by molar-refractivity contribution is 5.76. The average molecular weight is 281 g/mol. The fourth-order valence-electron chi connectivity index (χ4n) is 2.14. The van der Waals surface area contributed by atoms with E-state index < -0.39 is 0 Å². The smallest absolute Gasteiger partial charge is 0.221 e. The summed E-state index contributed by atoms with van der Waals surface area (Å²) in [6.07, 6.45) is 0.286. The molecule has 0 radical (unpaired) electrons. The van der Waals surface area contributed by atoms with E-state index in [-0.39, 0.29) is 18.1 Å². The number of hydrogen-bond donors (Lipinski definition) is 2. The Hall–Kier alpha value is -1.66. The Morgan fingerprint density at radius 2 is 2.15 bits per heavy atom. The van der Waals surface area contributed by atoms with Gasteiger partial charge in [-0.15, -0.1) is 0 Å². The van der Waals surface area contributed by atoms with Crippen molar-refractivity contribution in [2.75, 3.05) is 37.7 Å². The normalized spacial score (nSPS) is 15.2. The van der Waals surface area contributed by atoms with Crippen LogP contribution in [-0.4, -0.2) is 38.8 Å². The van der Waals surface area contributed by atoms with Gasteiger partial charge < -0.3 is 20.7 Å². The van der Waals surface area contributed by atoms with Crippen molar-refractivity contribution >= 4 is 11.6 Å². The molecule has 1 aromatic rings. The lowest BCUT2D eigenvalue weighted by atomic mass is 10.1. The van der Waals surface area contributed by atoms with E-state index in [2.05, 4.69) is 5.32 Å². The van der Waals surface area contributed by atoms with Gasteiger partial charge in [0.2, 0.25) is 5.91 Å². The minimum atomic E-state index is -0.266. The molecule has 1 aliphatic rings. The molecule has 1 fully saturated rings. The summed E-state index contributed by atoms with van der Waals surface area (Å²) in [7, 11) is 0. The summed E-state index contributed by atoms with van der Waals surface area (Å²) in [6.45, 7) is 3.27. The van der Waals surface area contributed by atoms with Crippen molar-refractivity contribution in [2.45, 2.75) is 13.0 Å². The summed E-state index contributed by atoms with van der Waals surface area (Å²) in [6, 6.07) is 5.05. The largest absolute Gasteiger partial charge is 0.378 e. The molecule has 1 amide bonds. The van der Waals surface area contributed by atoms with E-state index in [1.165, 1.54) is 6.07 Å². The number of hydrogen-bond acceptors (Lipinski definition) is 4. The molecule has 0 atom stereocenters. The second kappa shape index (κ2) is 7.21. The lowest BCUT2D eigenvalue weighted by Crippen LogP contribution is -2.36. The molecule has 0 unspecified atom stereocenters. The number of rotatable bonds is 5. The summed E-state index contributed by atoms with van der Waals surface area (Å²) < 4.78 is 19.3. The zero-order valence-electron chi connectivity index (χ0n) is 11.4. The van der Waals surface area contributed by atoms with Crippen molar-refractivity contribution in [3.63, 3.8) is 0 Å². The molecular weight excluding hydrogens is 261 g/mol. The van der Waals surface area contributed by atoms with E-state index in [1.54, 1.807) is 6.07 Å². The molecule has 0 aromatic heterocycles. The van der Waals surface area contributed by atoms with E-state index in [1.807, 2.05) is 11.0 Å². The van der Waals surface area contributed by atoms with Crippen molar-refractivity contribution in [2.24, 2.45) is 5.73 Å². The third kappa shape index (κ3) is 3.91. The minimum Gasteiger partial charge on any atom is -0.378 e. The number of morpholine rings is 1. The lowest BCUT2D eigenvalue weighted by Gasteiger charge is -2.29. The highest BCUT2D eigenvalue weighted by atomic mass is 19.1. The molecule has 1 aromatic carbocycles. The Balaban J connectivity index is 1.96. The Labute approximate surface area is 117 Å². The Morgan fingerprint density at radius 1 is 1.40 bits per heavy atom. The second-order valence-corrected chi connectivity index (χ2v) is 4.70. The van der Waals surface area contributed by atoms with Gasteiger partial charge in [0, 0.05) is 32.6 Å². The summed E-state index contributed by atoms with van der Waals surface area (Å²) in [5.41, 5.74) is 6.62. The fraction of sp³-hybridized carbons (Fsp3) is 0.500. The monoisotopic (exact) mass is 281 g/mol. The summed E-state index contributed by atoms with van der Waals surface area (Å²) in [4.78, 5) is 13.3. The third-order valence-electron chi connectivity index (χ3n) is 3.22. The first-order chi connectivity index (χ1) is 9.70. The number of carbonyl (C=O) groups is 1. The van der Waals surface area contributed by atoms with Crippen LogP contribution in [0.25, 0.3) is 0 Å². The molecule has 6 heteroatoms. The van der Waals surface area contributed by atoms with Crippen LogP contribution < -0.4 is 16.0 Å². The molecule has 1 heterocycles. The van der Waals surface area contributed by atoms with Crippen LogP contribution in [0.15, 0.2) is 18.2 Å². The Morgan fingerprint density at radius 3 is 2.80 bits per heavy atom. The molecule has 1 aliphatic heterocycles. The van der Waals surface area contributed by atoms with Gasteiger partial charge in [0.15, 0.2) is 0 Å². The van der Waals surface area contributed by atoms with E-state index in [4.69, 9.17) is 10.5 Å². The van der Waals surface area contributed by atoms with Gasteiger partial charge in [-0.25, -0.2) is 4.39 Å². The number of carbonyl (C=O) groups excluding carboxylic acids is 1. The van der Waals surface area contributed by atoms with E-state index in [9.17, 15) is 9.18 Å². The number of halogens is 1. The van der Waals surface area contributed by atoms with Crippen LogP contribution >= 0.6 is 0 Å². The Kier molecular flexibility index (Phi) is 5.31. The summed E-state index contributed by atoms with van der Waals surface area (Å²) >= 11 is 0. The standard InChI is InChI=1S/C14H20FN3O2/c15-12-9-11(10-17-14(19)3-4-16)1-2-13(12)18-5-7-20-8-6-18/h1-2,9H,3-8,10,16H2,(H,17,19). The minimum absolute atomic E-state index is 0.120. The number of amides is 1. The molecule has 0 saturated carbocycles. The quantitative estimate of drug-likeness (QED) is 0.830. The SMILES string of the molecule is NCCC(=O)NCc1ccc(N2CCOCC2)c(F)c1. The van der Waals surface area contributed by atoms with Gasteiger partial charge in [0.1, 0.15) is 5.82 Å². The predicted molar refractivity (Wildman–Crippen MR) is 75.0 cm³/mol. The highest BCUT2D eigenvalue weighted by Crippen LogP contribution is 2.21. The number of anilines is 1. The van der Waals surface area contributed by atoms with Gasteiger partial charge in [0.05, 0.1) is 18.9 Å². The summed E-state index contributed by atoms with van der Waals surface area (Å²) in [5, 5.41) is 2.71. The van der Waals surface area contributed by atoms with Crippen LogP contribution in [0.3, 0.4) is 0 Å². The zero-order chi connectivity index (χ0) is 14.4. The maximum absolute atomic E-state index is 14.1. The van der Waals surface area contributed by atoms with E-state index in [0.717, 1.165) is 5.56 Å². The molecule has 110 valence electrons.